The summed E-state index contributed by atoms with van der Waals surface area (Å²) < 4.78 is 2.33. The predicted octanol–water partition coefficient (Wildman–Crippen LogP) is 4.21. The fourth-order valence-electron chi connectivity index (χ4n) is 2.80. The van der Waals surface area contributed by atoms with Gasteiger partial charge in [-0.15, -0.1) is 11.6 Å². The number of aromatic nitrogens is 2. The quantitative estimate of drug-likeness (QED) is 0.755. The van der Waals surface area contributed by atoms with Gasteiger partial charge in [0.05, 0.1) is 16.9 Å². The number of fused-ring (bicyclic) bond motifs is 1. The molecule has 0 spiro atoms. The molecule has 1 heterocycles. The van der Waals surface area contributed by atoms with E-state index in [1.807, 2.05) is 6.07 Å². The summed E-state index contributed by atoms with van der Waals surface area (Å²) >= 11 is 6.05. The Morgan fingerprint density at radius 3 is 2.67 bits per heavy atom. The van der Waals surface area contributed by atoms with Gasteiger partial charge in [0.2, 0.25) is 0 Å². The van der Waals surface area contributed by atoms with Crippen LogP contribution < -0.4 is 0 Å². The Kier molecular flexibility index (Phi) is 2.86. The number of alkyl halides is 1. The topological polar surface area (TPSA) is 17.8 Å². The standard InChI is InChI=1S/C15H19ClN2/c1-11(2)15(7-8-15)10-18-13-6-4-3-5-12(13)17-14(18)9-16/h3-6,11H,7-10H2,1-2H3. The number of hydrogen-bond acceptors (Lipinski definition) is 1. The summed E-state index contributed by atoms with van der Waals surface area (Å²) in [6.45, 7) is 5.71. The van der Waals surface area contributed by atoms with E-state index in [1.54, 1.807) is 0 Å². The molecule has 1 aromatic carbocycles. The zero-order valence-electron chi connectivity index (χ0n) is 11.0. The lowest BCUT2D eigenvalue weighted by atomic mass is 9.92. The maximum absolute atomic E-state index is 6.05. The van der Waals surface area contributed by atoms with Gasteiger partial charge in [0.1, 0.15) is 5.82 Å². The third-order valence-corrected chi connectivity index (χ3v) is 4.68. The number of benzene rings is 1. The normalized spacial score (nSPS) is 17.6. The van der Waals surface area contributed by atoms with Crippen molar-refractivity contribution in [3.05, 3.63) is 30.1 Å². The Labute approximate surface area is 113 Å². The summed E-state index contributed by atoms with van der Waals surface area (Å²) in [4.78, 5) is 4.63. The Morgan fingerprint density at radius 1 is 1.33 bits per heavy atom. The lowest BCUT2D eigenvalue weighted by molar-refractivity contribution is 0.309. The van der Waals surface area contributed by atoms with Crippen molar-refractivity contribution in [1.82, 2.24) is 9.55 Å². The van der Waals surface area contributed by atoms with Crippen molar-refractivity contribution < 1.29 is 0 Å². The Hall–Kier alpha value is -1.02. The molecule has 1 aliphatic carbocycles. The van der Waals surface area contributed by atoms with E-state index in [2.05, 4.69) is 41.6 Å². The van der Waals surface area contributed by atoms with E-state index in [1.165, 1.54) is 18.4 Å². The van der Waals surface area contributed by atoms with Crippen molar-refractivity contribution in [2.24, 2.45) is 11.3 Å². The Morgan fingerprint density at radius 2 is 2.06 bits per heavy atom. The number of nitrogens with zero attached hydrogens (tertiary/aromatic N) is 2. The first-order chi connectivity index (χ1) is 8.66. The third-order valence-electron chi connectivity index (χ3n) is 4.44. The van der Waals surface area contributed by atoms with E-state index >= 15 is 0 Å². The average Bonchev–Trinajstić information content (AvgIpc) is 3.07. The monoisotopic (exact) mass is 262 g/mol. The molecular weight excluding hydrogens is 244 g/mol. The van der Waals surface area contributed by atoms with Crippen molar-refractivity contribution in [1.29, 1.82) is 0 Å². The van der Waals surface area contributed by atoms with Gasteiger partial charge in [0, 0.05) is 6.54 Å². The van der Waals surface area contributed by atoms with Crippen LogP contribution in [-0.2, 0) is 12.4 Å². The molecule has 0 bridgehead atoms. The van der Waals surface area contributed by atoms with Gasteiger partial charge < -0.3 is 4.57 Å². The van der Waals surface area contributed by atoms with Crippen molar-refractivity contribution in [2.75, 3.05) is 0 Å². The number of halogens is 1. The fraction of sp³-hybridized carbons (Fsp3) is 0.533. The van der Waals surface area contributed by atoms with Crippen LogP contribution in [0.4, 0.5) is 0 Å². The molecule has 3 heteroatoms. The molecule has 0 N–H and O–H groups in total. The molecule has 1 saturated carbocycles. The van der Waals surface area contributed by atoms with Gasteiger partial charge in [-0.3, -0.25) is 0 Å². The number of rotatable bonds is 4. The van der Waals surface area contributed by atoms with Crippen LogP contribution in [0.1, 0.15) is 32.5 Å². The predicted molar refractivity (Wildman–Crippen MR) is 75.8 cm³/mol. The number of hydrogen-bond donors (Lipinski definition) is 0. The van der Waals surface area contributed by atoms with E-state index in [0.29, 0.717) is 11.3 Å². The highest BCUT2D eigenvalue weighted by molar-refractivity contribution is 6.16. The molecule has 3 rings (SSSR count). The summed E-state index contributed by atoms with van der Waals surface area (Å²) in [7, 11) is 0. The van der Waals surface area contributed by atoms with Crippen LogP contribution in [0.3, 0.4) is 0 Å². The second kappa shape index (κ2) is 4.27. The molecule has 2 nitrogen and oxygen atoms in total. The van der Waals surface area contributed by atoms with Gasteiger partial charge in [-0.05, 0) is 36.3 Å². The molecule has 1 fully saturated rings. The first kappa shape index (κ1) is 12.0. The van der Waals surface area contributed by atoms with Gasteiger partial charge in [-0.1, -0.05) is 26.0 Å². The van der Waals surface area contributed by atoms with Gasteiger partial charge in [0.15, 0.2) is 0 Å². The molecule has 1 aliphatic rings. The smallest absolute Gasteiger partial charge is 0.124 e. The van der Waals surface area contributed by atoms with Crippen LogP contribution in [0.5, 0.6) is 0 Å². The Balaban J connectivity index is 2.05. The van der Waals surface area contributed by atoms with E-state index in [9.17, 15) is 0 Å². The summed E-state index contributed by atoms with van der Waals surface area (Å²) in [5.74, 6) is 2.22. The molecule has 1 aromatic heterocycles. The average molecular weight is 263 g/mol. The third kappa shape index (κ3) is 1.83. The molecule has 2 aromatic rings. The van der Waals surface area contributed by atoms with Crippen LogP contribution in [0, 0.1) is 11.3 Å². The maximum Gasteiger partial charge on any atom is 0.124 e. The first-order valence-electron chi connectivity index (χ1n) is 6.66. The van der Waals surface area contributed by atoms with Gasteiger partial charge >= 0.3 is 0 Å². The highest BCUT2D eigenvalue weighted by atomic mass is 35.5. The SMILES string of the molecule is CC(C)C1(Cn2c(CCl)nc3ccccc32)CC1. The fourth-order valence-corrected chi connectivity index (χ4v) is 3.00. The highest BCUT2D eigenvalue weighted by Gasteiger charge is 2.45. The molecule has 0 aliphatic heterocycles. The highest BCUT2D eigenvalue weighted by Crippen LogP contribution is 2.53. The van der Waals surface area contributed by atoms with Gasteiger partial charge in [-0.25, -0.2) is 4.98 Å². The Bertz CT molecular complexity index is 567. The molecule has 96 valence electrons. The summed E-state index contributed by atoms with van der Waals surface area (Å²) in [6.07, 6.45) is 2.66. The van der Waals surface area contributed by atoms with Crippen molar-refractivity contribution >= 4 is 22.6 Å². The molecule has 0 saturated heterocycles. The summed E-state index contributed by atoms with van der Waals surface area (Å²) in [5.41, 5.74) is 2.76. The molecule has 0 atom stereocenters. The number of imidazole rings is 1. The van der Waals surface area contributed by atoms with E-state index < -0.39 is 0 Å². The molecule has 0 radical (unpaired) electrons. The second-order valence-electron chi connectivity index (χ2n) is 5.75. The van der Waals surface area contributed by atoms with Crippen LogP contribution in [0.2, 0.25) is 0 Å². The first-order valence-corrected chi connectivity index (χ1v) is 7.20. The zero-order valence-corrected chi connectivity index (χ0v) is 11.7. The van der Waals surface area contributed by atoms with E-state index in [4.69, 9.17) is 11.6 Å². The van der Waals surface area contributed by atoms with Crippen molar-refractivity contribution in [2.45, 2.75) is 39.1 Å². The molecule has 18 heavy (non-hydrogen) atoms. The van der Waals surface area contributed by atoms with E-state index in [0.717, 1.165) is 23.8 Å². The van der Waals surface area contributed by atoms with Crippen LogP contribution >= 0.6 is 11.6 Å². The molecular formula is C15H19ClN2. The number of para-hydroxylation sites is 2. The van der Waals surface area contributed by atoms with Gasteiger partial charge in [0.25, 0.3) is 0 Å². The summed E-state index contributed by atoms with van der Waals surface area (Å²) in [5, 5.41) is 0. The molecule has 0 amide bonds. The minimum absolute atomic E-state index is 0.476. The van der Waals surface area contributed by atoms with Crippen molar-refractivity contribution in [3.8, 4) is 0 Å². The molecule has 0 unspecified atom stereocenters. The van der Waals surface area contributed by atoms with Crippen LogP contribution in [0.25, 0.3) is 11.0 Å². The summed E-state index contributed by atoms with van der Waals surface area (Å²) in [6, 6.07) is 8.33. The lowest BCUT2D eigenvalue weighted by Crippen LogP contribution is -2.19. The van der Waals surface area contributed by atoms with E-state index in [-0.39, 0.29) is 0 Å². The lowest BCUT2D eigenvalue weighted by Gasteiger charge is -2.21. The minimum Gasteiger partial charge on any atom is -0.326 e. The minimum atomic E-state index is 0.476. The van der Waals surface area contributed by atoms with Gasteiger partial charge in [-0.2, -0.15) is 0 Å². The second-order valence-corrected chi connectivity index (χ2v) is 6.02. The zero-order chi connectivity index (χ0) is 12.8. The maximum atomic E-state index is 6.05. The van der Waals surface area contributed by atoms with Crippen molar-refractivity contribution in [3.63, 3.8) is 0 Å². The largest absolute Gasteiger partial charge is 0.326 e. The van der Waals surface area contributed by atoms with Crippen LogP contribution in [0.15, 0.2) is 24.3 Å². The van der Waals surface area contributed by atoms with Crippen LogP contribution in [-0.4, -0.2) is 9.55 Å².